The molecule has 0 unspecified atom stereocenters. The van der Waals surface area contributed by atoms with Gasteiger partial charge < -0.3 is 4.74 Å². The molecule has 0 radical (unpaired) electrons. The third-order valence-corrected chi connectivity index (χ3v) is 4.21. The number of aromatic nitrogens is 2. The molecule has 0 aliphatic rings. The molecule has 0 amide bonds. The van der Waals surface area contributed by atoms with Gasteiger partial charge in [0, 0.05) is 11.9 Å². The summed E-state index contributed by atoms with van der Waals surface area (Å²) in [7, 11) is 1.31. The molecular weight excluding hydrogens is 345 g/mol. The summed E-state index contributed by atoms with van der Waals surface area (Å²) >= 11 is 0. The van der Waals surface area contributed by atoms with Crippen molar-refractivity contribution < 1.29 is 22.7 Å². The van der Waals surface area contributed by atoms with Gasteiger partial charge >= 0.3 is 12.1 Å². The first-order valence-corrected chi connectivity index (χ1v) is 8.08. The number of alkyl halides is 3. The van der Waals surface area contributed by atoms with E-state index < -0.39 is 17.7 Å². The molecule has 0 saturated carbocycles. The van der Waals surface area contributed by atoms with Gasteiger partial charge in [-0.25, -0.2) is 4.79 Å². The molecule has 26 heavy (non-hydrogen) atoms. The topological polar surface area (TPSA) is 44.1 Å². The van der Waals surface area contributed by atoms with Crippen LogP contribution in [0, 0.1) is 0 Å². The number of fused-ring (bicyclic) bond motifs is 1. The number of benzene rings is 2. The van der Waals surface area contributed by atoms with Crippen molar-refractivity contribution in [2.45, 2.75) is 26.1 Å². The van der Waals surface area contributed by atoms with Crippen LogP contribution < -0.4 is 0 Å². The van der Waals surface area contributed by atoms with Crippen LogP contribution in [0.15, 0.2) is 42.5 Å². The first kappa shape index (κ1) is 18.0. The van der Waals surface area contributed by atoms with Crippen LogP contribution in [0.25, 0.3) is 10.9 Å². The van der Waals surface area contributed by atoms with Gasteiger partial charge in [0.2, 0.25) is 0 Å². The summed E-state index contributed by atoms with van der Waals surface area (Å²) in [5.41, 5.74) is 1.84. The standard InChI is InChI=1S/C19H17F3N2O2/c1-3-24-17(18(25)26-2)16-13(5-4-6-15(16)23-24)11-12-7-9-14(10-8-12)19(20,21)22/h4-10H,3,11H2,1-2H3. The lowest BCUT2D eigenvalue weighted by Gasteiger charge is -2.09. The molecule has 0 fully saturated rings. The monoisotopic (exact) mass is 362 g/mol. The Kier molecular flexibility index (Phi) is 4.71. The number of methoxy groups -OCH3 is 1. The second kappa shape index (κ2) is 6.82. The van der Waals surface area contributed by atoms with Crippen LogP contribution in [0.4, 0.5) is 13.2 Å². The van der Waals surface area contributed by atoms with Crippen molar-refractivity contribution in [3.8, 4) is 0 Å². The van der Waals surface area contributed by atoms with Crippen LogP contribution in [0.5, 0.6) is 0 Å². The fraction of sp³-hybridized carbons (Fsp3) is 0.263. The summed E-state index contributed by atoms with van der Waals surface area (Å²) in [6.07, 6.45) is -3.98. The molecule has 1 heterocycles. The summed E-state index contributed by atoms with van der Waals surface area (Å²) in [4.78, 5) is 12.2. The second-order valence-corrected chi connectivity index (χ2v) is 5.84. The molecular formula is C19H17F3N2O2. The number of carbonyl (C=O) groups is 1. The Hall–Kier alpha value is -2.83. The van der Waals surface area contributed by atoms with E-state index in [-0.39, 0.29) is 0 Å². The summed E-state index contributed by atoms with van der Waals surface area (Å²) in [6, 6.07) is 10.5. The van der Waals surface area contributed by atoms with Crippen LogP contribution in [0.1, 0.15) is 34.1 Å². The summed E-state index contributed by atoms with van der Waals surface area (Å²) in [6.45, 7) is 2.37. The highest BCUT2D eigenvalue weighted by molar-refractivity contribution is 6.03. The lowest BCUT2D eigenvalue weighted by atomic mass is 9.99. The molecule has 0 atom stereocenters. The van der Waals surface area contributed by atoms with Crippen molar-refractivity contribution in [3.63, 3.8) is 0 Å². The average Bonchev–Trinajstić information content (AvgIpc) is 3.00. The number of hydrogen-bond acceptors (Lipinski definition) is 3. The maximum Gasteiger partial charge on any atom is 0.416 e. The average molecular weight is 362 g/mol. The quantitative estimate of drug-likeness (QED) is 0.644. The fourth-order valence-electron chi connectivity index (χ4n) is 2.96. The predicted octanol–water partition coefficient (Wildman–Crippen LogP) is 4.45. The van der Waals surface area contributed by atoms with Crippen LogP contribution in [0.3, 0.4) is 0 Å². The number of rotatable bonds is 4. The Morgan fingerprint density at radius 2 is 1.85 bits per heavy atom. The normalized spacial score (nSPS) is 11.7. The van der Waals surface area contributed by atoms with Gasteiger partial charge in [-0.2, -0.15) is 18.3 Å². The van der Waals surface area contributed by atoms with E-state index in [4.69, 9.17) is 4.74 Å². The van der Waals surface area contributed by atoms with E-state index in [1.165, 1.54) is 19.2 Å². The summed E-state index contributed by atoms with van der Waals surface area (Å²) in [5.74, 6) is -0.491. The maximum atomic E-state index is 12.7. The molecule has 0 aliphatic carbocycles. The highest BCUT2D eigenvalue weighted by Gasteiger charge is 2.30. The van der Waals surface area contributed by atoms with Gasteiger partial charge in [0.25, 0.3) is 0 Å². The Morgan fingerprint density at radius 3 is 2.42 bits per heavy atom. The molecule has 0 aliphatic heterocycles. The Bertz CT molecular complexity index is 944. The molecule has 136 valence electrons. The van der Waals surface area contributed by atoms with Crippen molar-refractivity contribution in [2.75, 3.05) is 7.11 Å². The molecule has 3 aromatic rings. The van der Waals surface area contributed by atoms with E-state index in [1.807, 2.05) is 19.1 Å². The molecule has 0 spiro atoms. The predicted molar refractivity (Wildman–Crippen MR) is 91.0 cm³/mol. The zero-order valence-electron chi connectivity index (χ0n) is 14.3. The molecule has 7 heteroatoms. The molecule has 2 aromatic carbocycles. The zero-order chi connectivity index (χ0) is 18.9. The molecule has 3 rings (SSSR count). The maximum absolute atomic E-state index is 12.7. The number of esters is 1. The fourth-order valence-corrected chi connectivity index (χ4v) is 2.96. The van der Waals surface area contributed by atoms with Gasteiger partial charge in [0.15, 0.2) is 5.69 Å². The first-order chi connectivity index (χ1) is 12.3. The minimum atomic E-state index is -4.36. The van der Waals surface area contributed by atoms with Crippen LogP contribution in [-0.2, 0) is 23.9 Å². The van der Waals surface area contributed by atoms with Crippen LogP contribution in [-0.4, -0.2) is 22.9 Å². The Labute approximate surface area is 148 Å². The van der Waals surface area contributed by atoms with Crippen molar-refractivity contribution in [1.29, 1.82) is 0 Å². The van der Waals surface area contributed by atoms with Crippen molar-refractivity contribution >= 4 is 16.9 Å². The van der Waals surface area contributed by atoms with Gasteiger partial charge in [-0.3, -0.25) is 4.68 Å². The largest absolute Gasteiger partial charge is 0.464 e. The number of hydrogen-bond donors (Lipinski definition) is 0. The number of aryl methyl sites for hydroxylation is 1. The molecule has 0 bridgehead atoms. The summed E-state index contributed by atoms with van der Waals surface area (Å²) in [5, 5.41) is 5.08. The molecule has 1 aromatic heterocycles. The summed E-state index contributed by atoms with van der Waals surface area (Å²) < 4.78 is 44.6. The van der Waals surface area contributed by atoms with Gasteiger partial charge in [0.1, 0.15) is 0 Å². The third kappa shape index (κ3) is 3.29. The Balaban J connectivity index is 2.05. The van der Waals surface area contributed by atoms with E-state index in [9.17, 15) is 18.0 Å². The van der Waals surface area contributed by atoms with E-state index in [0.717, 1.165) is 17.7 Å². The van der Waals surface area contributed by atoms with Crippen molar-refractivity contribution in [1.82, 2.24) is 9.78 Å². The van der Waals surface area contributed by atoms with Gasteiger partial charge in [-0.1, -0.05) is 24.3 Å². The van der Waals surface area contributed by atoms with E-state index in [1.54, 1.807) is 10.7 Å². The van der Waals surface area contributed by atoms with Gasteiger partial charge in [-0.15, -0.1) is 0 Å². The lowest BCUT2D eigenvalue weighted by Crippen LogP contribution is -2.11. The second-order valence-electron chi connectivity index (χ2n) is 5.84. The molecule has 0 N–H and O–H groups in total. The third-order valence-electron chi connectivity index (χ3n) is 4.21. The smallest absolute Gasteiger partial charge is 0.416 e. The number of carbonyl (C=O) groups excluding carboxylic acids is 1. The van der Waals surface area contributed by atoms with E-state index in [0.29, 0.717) is 35.1 Å². The van der Waals surface area contributed by atoms with Crippen molar-refractivity contribution in [3.05, 3.63) is 64.8 Å². The van der Waals surface area contributed by atoms with Gasteiger partial charge in [-0.05, 0) is 42.7 Å². The van der Waals surface area contributed by atoms with Crippen LogP contribution >= 0.6 is 0 Å². The number of ether oxygens (including phenoxy) is 1. The lowest BCUT2D eigenvalue weighted by molar-refractivity contribution is -0.137. The van der Waals surface area contributed by atoms with Crippen molar-refractivity contribution in [2.24, 2.45) is 0 Å². The first-order valence-electron chi connectivity index (χ1n) is 8.08. The highest BCUT2D eigenvalue weighted by atomic mass is 19.4. The molecule has 0 saturated heterocycles. The van der Waals surface area contributed by atoms with Gasteiger partial charge in [0.05, 0.1) is 18.2 Å². The van der Waals surface area contributed by atoms with Crippen LogP contribution in [0.2, 0.25) is 0 Å². The van der Waals surface area contributed by atoms with E-state index >= 15 is 0 Å². The minimum absolute atomic E-state index is 0.354. The number of nitrogens with zero attached hydrogens (tertiary/aromatic N) is 2. The molecule has 4 nitrogen and oxygen atoms in total. The highest BCUT2D eigenvalue weighted by Crippen LogP contribution is 2.30. The minimum Gasteiger partial charge on any atom is -0.464 e. The zero-order valence-corrected chi connectivity index (χ0v) is 14.3. The SMILES string of the molecule is CCn1nc2cccc(Cc3ccc(C(F)(F)F)cc3)c2c1C(=O)OC. The number of halogens is 3. The van der Waals surface area contributed by atoms with E-state index in [2.05, 4.69) is 5.10 Å². The Morgan fingerprint density at radius 1 is 1.15 bits per heavy atom.